The van der Waals surface area contributed by atoms with E-state index in [4.69, 9.17) is 0 Å². The standard InChI is InChI=1S/C21H20FN3O2/c22-18-9-5-4-6-15(18)14-24(16-10-11-16)21(27)19-12-13-20(26)25(23-19)17-7-2-1-3-8-17/h1-9,16H,10-14H2. The number of hydrogen-bond acceptors (Lipinski definition) is 3. The molecule has 2 amide bonds. The molecule has 0 unspecified atom stereocenters. The number of para-hydroxylation sites is 1. The van der Waals surface area contributed by atoms with Gasteiger partial charge in [-0.3, -0.25) is 9.59 Å². The van der Waals surface area contributed by atoms with Gasteiger partial charge in [0.05, 0.1) is 5.69 Å². The van der Waals surface area contributed by atoms with Crippen molar-refractivity contribution in [2.75, 3.05) is 5.01 Å². The summed E-state index contributed by atoms with van der Waals surface area (Å²) in [5.74, 6) is -0.665. The first kappa shape index (κ1) is 17.4. The van der Waals surface area contributed by atoms with Crippen LogP contribution in [0.4, 0.5) is 10.1 Å². The second kappa shape index (κ2) is 7.31. The Morgan fingerprint density at radius 2 is 1.78 bits per heavy atom. The van der Waals surface area contributed by atoms with Gasteiger partial charge in [0.1, 0.15) is 11.5 Å². The molecule has 0 spiro atoms. The lowest BCUT2D eigenvalue weighted by Crippen LogP contribution is -2.42. The summed E-state index contributed by atoms with van der Waals surface area (Å²) in [4.78, 5) is 27.1. The Morgan fingerprint density at radius 3 is 2.48 bits per heavy atom. The Balaban J connectivity index is 1.59. The molecule has 1 aliphatic heterocycles. The van der Waals surface area contributed by atoms with Crippen molar-refractivity contribution in [3.63, 3.8) is 0 Å². The molecule has 0 N–H and O–H groups in total. The van der Waals surface area contributed by atoms with E-state index in [0.717, 1.165) is 12.8 Å². The molecule has 0 radical (unpaired) electrons. The van der Waals surface area contributed by atoms with Crippen molar-refractivity contribution < 1.29 is 14.0 Å². The number of rotatable bonds is 5. The average Bonchev–Trinajstić information content (AvgIpc) is 3.53. The second-order valence-corrected chi connectivity index (χ2v) is 6.84. The van der Waals surface area contributed by atoms with E-state index in [0.29, 0.717) is 23.4 Å². The molecule has 5 nitrogen and oxygen atoms in total. The number of halogens is 1. The molecular weight excluding hydrogens is 345 g/mol. The minimum atomic E-state index is -0.317. The largest absolute Gasteiger partial charge is 0.330 e. The van der Waals surface area contributed by atoms with Crippen molar-refractivity contribution in [1.29, 1.82) is 0 Å². The molecule has 1 aliphatic carbocycles. The van der Waals surface area contributed by atoms with E-state index in [2.05, 4.69) is 5.10 Å². The molecule has 2 aromatic rings. The van der Waals surface area contributed by atoms with E-state index in [1.54, 1.807) is 35.2 Å². The van der Waals surface area contributed by atoms with Crippen LogP contribution in [-0.2, 0) is 16.1 Å². The smallest absolute Gasteiger partial charge is 0.270 e. The Labute approximate surface area is 157 Å². The van der Waals surface area contributed by atoms with Gasteiger partial charge in [-0.2, -0.15) is 5.10 Å². The Bertz CT molecular complexity index is 893. The molecule has 4 rings (SSSR count). The van der Waals surface area contributed by atoms with Crippen molar-refractivity contribution in [1.82, 2.24) is 4.90 Å². The zero-order valence-electron chi connectivity index (χ0n) is 14.8. The Morgan fingerprint density at radius 1 is 1.07 bits per heavy atom. The highest BCUT2D eigenvalue weighted by Gasteiger charge is 2.36. The summed E-state index contributed by atoms with van der Waals surface area (Å²) in [6.07, 6.45) is 2.36. The normalized spacial score (nSPS) is 16.9. The van der Waals surface area contributed by atoms with Gasteiger partial charge >= 0.3 is 0 Å². The summed E-state index contributed by atoms with van der Waals surface area (Å²) in [7, 11) is 0. The van der Waals surface area contributed by atoms with Crippen LogP contribution >= 0.6 is 0 Å². The van der Waals surface area contributed by atoms with E-state index in [1.165, 1.54) is 11.1 Å². The summed E-state index contributed by atoms with van der Waals surface area (Å²) >= 11 is 0. The van der Waals surface area contributed by atoms with Crippen molar-refractivity contribution in [3.05, 3.63) is 66.0 Å². The molecule has 0 atom stereocenters. The predicted octanol–water partition coefficient (Wildman–Crippen LogP) is 3.50. The van der Waals surface area contributed by atoms with Crippen LogP contribution in [-0.4, -0.2) is 28.5 Å². The fourth-order valence-corrected chi connectivity index (χ4v) is 3.21. The van der Waals surface area contributed by atoms with E-state index in [9.17, 15) is 14.0 Å². The van der Waals surface area contributed by atoms with Crippen LogP contribution in [0.5, 0.6) is 0 Å². The lowest BCUT2D eigenvalue weighted by Gasteiger charge is -2.27. The van der Waals surface area contributed by atoms with E-state index in [1.807, 2.05) is 18.2 Å². The van der Waals surface area contributed by atoms with Crippen LogP contribution in [0.25, 0.3) is 0 Å². The zero-order chi connectivity index (χ0) is 18.8. The van der Waals surface area contributed by atoms with Gasteiger partial charge in [-0.25, -0.2) is 9.40 Å². The van der Waals surface area contributed by atoms with Crippen molar-refractivity contribution in [2.45, 2.75) is 38.3 Å². The van der Waals surface area contributed by atoms with Crippen LogP contribution < -0.4 is 5.01 Å². The average molecular weight is 365 g/mol. The predicted molar refractivity (Wildman–Crippen MR) is 101 cm³/mol. The van der Waals surface area contributed by atoms with Gasteiger partial charge in [0.2, 0.25) is 5.91 Å². The zero-order valence-corrected chi connectivity index (χ0v) is 14.8. The molecular formula is C21H20FN3O2. The third-order valence-corrected chi connectivity index (χ3v) is 4.83. The molecule has 1 heterocycles. The maximum atomic E-state index is 14.1. The van der Waals surface area contributed by atoms with Gasteiger partial charge in [0, 0.05) is 31.0 Å². The summed E-state index contributed by atoms with van der Waals surface area (Å²) in [6, 6.07) is 15.7. The Hall–Kier alpha value is -3.02. The molecule has 2 aliphatic rings. The highest BCUT2D eigenvalue weighted by molar-refractivity contribution is 6.40. The molecule has 1 saturated carbocycles. The summed E-state index contributed by atoms with van der Waals surface area (Å²) in [5.41, 5.74) is 1.48. The molecule has 0 saturated heterocycles. The number of nitrogens with zero attached hydrogens (tertiary/aromatic N) is 3. The topological polar surface area (TPSA) is 53.0 Å². The van der Waals surface area contributed by atoms with E-state index >= 15 is 0 Å². The number of benzene rings is 2. The second-order valence-electron chi connectivity index (χ2n) is 6.84. The number of hydrazone groups is 1. The Kier molecular flexibility index (Phi) is 4.71. The molecule has 1 fully saturated rings. The number of hydrogen-bond donors (Lipinski definition) is 0. The number of anilines is 1. The minimum Gasteiger partial charge on any atom is -0.330 e. The van der Waals surface area contributed by atoms with Gasteiger partial charge in [0.25, 0.3) is 5.91 Å². The number of amides is 2. The monoisotopic (exact) mass is 365 g/mol. The first-order chi connectivity index (χ1) is 13.1. The molecule has 2 aromatic carbocycles. The molecule has 138 valence electrons. The van der Waals surface area contributed by atoms with Crippen LogP contribution in [0.1, 0.15) is 31.2 Å². The quantitative estimate of drug-likeness (QED) is 0.814. The lowest BCUT2D eigenvalue weighted by atomic mass is 10.1. The van der Waals surface area contributed by atoms with E-state index in [-0.39, 0.29) is 36.6 Å². The summed E-state index contributed by atoms with van der Waals surface area (Å²) in [5, 5.41) is 5.64. The lowest BCUT2D eigenvalue weighted by molar-refractivity contribution is -0.125. The molecule has 0 aromatic heterocycles. The first-order valence-electron chi connectivity index (χ1n) is 9.13. The summed E-state index contributed by atoms with van der Waals surface area (Å²) < 4.78 is 14.1. The van der Waals surface area contributed by atoms with Crippen molar-refractivity contribution >= 4 is 23.2 Å². The van der Waals surface area contributed by atoms with Gasteiger partial charge in [-0.05, 0) is 31.0 Å². The SMILES string of the molecule is O=C1CCC(C(=O)N(Cc2ccccc2F)C2CC2)=NN1c1ccccc1. The van der Waals surface area contributed by atoms with Crippen LogP contribution in [0.3, 0.4) is 0 Å². The van der Waals surface area contributed by atoms with Gasteiger partial charge in [-0.15, -0.1) is 0 Å². The minimum absolute atomic E-state index is 0.114. The fraction of sp³-hybridized carbons (Fsp3) is 0.286. The first-order valence-corrected chi connectivity index (χ1v) is 9.13. The van der Waals surface area contributed by atoms with E-state index < -0.39 is 0 Å². The molecule has 27 heavy (non-hydrogen) atoms. The third kappa shape index (κ3) is 3.74. The van der Waals surface area contributed by atoms with Gasteiger partial charge in [-0.1, -0.05) is 36.4 Å². The molecule has 0 bridgehead atoms. The van der Waals surface area contributed by atoms with Crippen LogP contribution in [0, 0.1) is 5.82 Å². The summed E-state index contributed by atoms with van der Waals surface area (Å²) in [6.45, 7) is 0.217. The van der Waals surface area contributed by atoms with Gasteiger partial charge in [0.15, 0.2) is 0 Å². The number of carbonyl (C=O) groups excluding carboxylic acids is 2. The van der Waals surface area contributed by atoms with Crippen LogP contribution in [0.15, 0.2) is 59.7 Å². The maximum Gasteiger partial charge on any atom is 0.270 e. The van der Waals surface area contributed by atoms with Crippen molar-refractivity contribution in [3.8, 4) is 0 Å². The number of carbonyl (C=O) groups is 2. The molecule has 6 heteroatoms. The van der Waals surface area contributed by atoms with Crippen molar-refractivity contribution in [2.24, 2.45) is 5.10 Å². The fourth-order valence-electron chi connectivity index (χ4n) is 3.21. The van der Waals surface area contributed by atoms with Gasteiger partial charge < -0.3 is 4.90 Å². The van der Waals surface area contributed by atoms with Crippen LogP contribution in [0.2, 0.25) is 0 Å². The third-order valence-electron chi connectivity index (χ3n) is 4.83. The highest BCUT2D eigenvalue weighted by Crippen LogP contribution is 2.30. The highest BCUT2D eigenvalue weighted by atomic mass is 19.1. The maximum absolute atomic E-state index is 14.1.